The van der Waals surface area contributed by atoms with Gasteiger partial charge in [-0.15, -0.1) is 0 Å². The van der Waals surface area contributed by atoms with E-state index < -0.39 is 17.9 Å². The van der Waals surface area contributed by atoms with Crippen LogP contribution in [0.3, 0.4) is 0 Å². The van der Waals surface area contributed by atoms with E-state index in [2.05, 4.69) is 5.32 Å². The molecule has 0 radical (unpaired) electrons. The third-order valence-corrected chi connectivity index (χ3v) is 3.14. The molecule has 1 atom stereocenters. The minimum atomic E-state index is -1.12. The molecule has 1 aliphatic rings. The first kappa shape index (κ1) is 14.3. The number of nitrogens with two attached hydrogens (primary N) is 1. The van der Waals surface area contributed by atoms with Gasteiger partial charge in [-0.2, -0.15) is 0 Å². The number of aliphatic hydroxyl groups is 1. The lowest BCUT2D eigenvalue weighted by Crippen LogP contribution is -2.36. The summed E-state index contributed by atoms with van der Waals surface area (Å²) in [6.07, 6.45) is -1.12. The summed E-state index contributed by atoms with van der Waals surface area (Å²) in [7, 11) is 0. The van der Waals surface area contributed by atoms with Crippen LogP contribution in [0.1, 0.15) is 25.5 Å². The second kappa shape index (κ2) is 5.50. The van der Waals surface area contributed by atoms with Crippen molar-refractivity contribution < 1.29 is 14.7 Å². The summed E-state index contributed by atoms with van der Waals surface area (Å²) >= 11 is 0. The van der Waals surface area contributed by atoms with Gasteiger partial charge in [-0.1, -0.05) is 19.9 Å². The van der Waals surface area contributed by atoms with Crippen molar-refractivity contribution in [2.75, 3.05) is 23.3 Å². The molecule has 0 spiro atoms. The van der Waals surface area contributed by atoms with E-state index in [1.807, 2.05) is 18.7 Å². The number of fused-ring (bicyclic) bond motifs is 1. The van der Waals surface area contributed by atoms with Crippen molar-refractivity contribution in [2.24, 2.45) is 11.7 Å². The SMILES string of the molecule is CC(C)CN(CC(N)=O)c1ccc2c(c1)NC(=O)C2O. The molecule has 0 bridgehead atoms. The summed E-state index contributed by atoms with van der Waals surface area (Å²) in [5.74, 6) is -0.472. The van der Waals surface area contributed by atoms with E-state index in [1.165, 1.54) is 0 Å². The Morgan fingerprint density at radius 2 is 2.20 bits per heavy atom. The van der Waals surface area contributed by atoms with E-state index in [-0.39, 0.29) is 6.54 Å². The predicted octanol–water partition coefficient (Wildman–Crippen LogP) is 0.620. The van der Waals surface area contributed by atoms with Crippen LogP contribution in [0.4, 0.5) is 11.4 Å². The summed E-state index contributed by atoms with van der Waals surface area (Å²) in [5.41, 5.74) is 7.21. The lowest BCUT2D eigenvalue weighted by Gasteiger charge is -2.25. The lowest BCUT2D eigenvalue weighted by molar-refractivity contribution is -0.123. The first-order valence-electron chi connectivity index (χ1n) is 6.54. The van der Waals surface area contributed by atoms with Gasteiger partial charge in [0.2, 0.25) is 5.91 Å². The Hall–Kier alpha value is -2.08. The molecule has 0 saturated heterocycles. The summed E-state index contributed by atoms with van der Waals surface area (Å²) in [4.78, 5) is 24.5. The Bertz CT molecular complexity index is 542. The van der Waals surface area contributed by atoms with E-state index >= 15 is 0 Å². The van der Waals surface area contributed by atoms with Crippen LogP contribution in [0.25, 0.3) is 0 Å². The van der Waals surface area contributed by atoms with Gasteiger partial charge in [-0.25, -0.2) is 0 Å². The average molecular weight is 277 g/mol. The Morgan fingerprint density at radius 3 is 2.80 bits per heavy atom. The van der Waals surface area contributed by atoms with Gasteiger partial charge in [0.1, 0.15) is 0 Å². The Balaban J connectivity index is 2.29. The Labute approximate surface area is 117 Å². The van der Waals surface area contributed by atoms with Crippen LogP contribution < -0.4 is 16.0 Å². The molecule has 6 nitrogen and oxygen atoms in total. The van der Waals surface area contributed by atoms with Crippen LogP contribution in [0, 0.1) is 5.92 Å². The fourth-order valence-electron chi connectivity index (χ4n) is 2.32. The van der Waals surface area contributed by atoms with E-state index in [0.717, 1.165) is 5.69 Å². The highest BCUT2D eigenvalue weighted by atomic mass is 16.3. The zero-order valence-electron chi connectivity index (χ0n) is 11.6. The molecule has 108 valence electrons. The van der Waals surface area contributed by atoms with Gasteiger partial charge in [0.25, 0.3) is 5.91 Å². The van der Waals surface area contributed by atoms with Gasteiger partial charge in [-0.05, 0) is 18.1 Å². The number of carbonyl (C=O) groups is 2. The quantitative estimate of drug-likeness (QED) is 0.735. The van der Waals surface area contributed by atoms with Crippen LogP contribution in [0.5, 0.6) is 0 Å². The molecule has 1 aromatic rings. The summed E-state index contributed by atoms with van der Waals surface area (Å²) < 4.78 is 0. The summed E-state index contributed by atoms with van der Waals surface area (Å²) in [6, 6.07) is 5.24. The van der Waals surface area contributed by atoms with Gasteiger partial charge >= 0.3 is 0 Å². The maximum Gasteiger partial charge on any atom is 0.257 e. The van der Waals surface area contributed by atoms with Crippen molar-refractivity contribution in [1.82, 2.24) is 0 Å². The first-order valence-corrected chi connectivity index (χ1v) is 6.54. The maximum atomic E-state index is 11.4. The van der Waals surface area contributed by atoms with Crippen molar-refractivity contribution in [3.05, 3.63) is 23.8 Å². The summed E-state index contributed by atoms with van der Waals surface area (Å²) in [5, 5.41) is 12.3. The highest BCUT2D eigenvalue weighted by Gasteiger charge is 2.29. The van der Waals surface area contributed by atoms with Crippen molar-refractivity contribution in [2.45, 2.75) is 20.0 Å². The minimum Gasteiger partial charge on any atom is -0.378 e. The number of aliphatic hydroxyl groups excluding tert-OH is 1. The molecule has 20 heavy (non-hydrogen) atoms. The standard InChI is InChI=1S/C14H19N3O3/c1-8(2)6-17(7-12(15)18)9-3-4-10-11(5-9)16-14(20)13(10)19/h3-5,8,13,19H,6-7H2,1-2H3,(H2,15,18)(H,16,20). The molecule has 0 fully saturated rings. The number of nitrogens with one attached hydrogen (secondary N) is 1. The number of hydrogen-bond acceptors (Lipinski definition) is 4. The van der Waals surface area contributed by atoms with Crippen LogP contribution in [-0.4, -0.2) is 30.0 Å². The maximum absolute atomic E-state index is 11.4. The number of carbonyl (C=O) groups excluding carboxylic acids is 2. The molecule has 0 aromatic heterocycles. The normalized spacial score (nSPS) is 17.0. The summed E-state index contributed by atoms with van der Waals surface area (Å²) in [6.45, 7) is 4.89. The van der Waals surface area contributed by atoms with Gasteiger partial charge in [0.15, 0.2) is 6.10 Å². The van der Waals surface area contributed by atoms with Crippen molar-refractivity contribution in [3.8, 4) is 0 Å². The zero-order valence-corrected chi connectivity index (χ0v) is 11.6. The molecule has 1 unspecified atom stereocenters. The highest BCUT2D eigenvalue weighted by Crippen LogP contribution is 2.34. The molecule has 2 rings (SSSR count). The predicted molar refractivity (Wildman–Crippen MR) is 76.3 cm³/mol. The molecular weight excluding hydrogens is 258 g/mol. The monoisotopic (exact) mass is 277 g/mol. The van der Waals surface area contributed by atoms with E-state index in [4.69, 9.17) is 5.73 Å². The minimum absolute atomic E-state index is 0.119. The number of benzene rings is 1. The van der Waals surface area contributed by atoms with E-state index in [0.29, 0.717) is 23.7 Å². The number of amides is 2. The Morgan fingerprint density at radius 1 is 1.50 bits per heavy atom. The van der Waals surface area contributed by atoms with Gasteiger partial charge < -0.3 is 21.1 Å². The number of rotatable bonds is 5. The van der Waals surface area contributed by atoms with Crippen molar-refractivity contribution in [3.63, 3.8) is 0 Å². The van der Waals surface area contributed by atoms with E-state index in [9.17, 15) is 14.7 Å². The largest absolute Gasteiger partial charge is 0.378 e. The average Bonchev–Trinajstić information content (AvgIpc) is 2.62. The van der Waals surface area contributed by atoms with Gasteiger partial charge in [0, 0.05) is 23.5 Å². The second-order valence-corrected chi connectivity index (χ2v) is 5.40. The lowest BCUT2D eigenvalue weighted by atomic mass is 10.1. The number of anilines is 2. The third kappa shape index (κ3) is 2.91. The van der Waals surface area contributed by atoms with Crippen LogP contribution in [0.15, 0.2) is 18.2 Å². The molecule has 0 saturated carbocycles. The molecule has 1 aliphatic heterocycles. The smallest absolute Gasteiger partial charge is 0.257 e. The fourth-order valence-corrected chi connectivity index (χ4v) is 2.32. The molecule has 6 heteroatoms. The molecule has 4 N–H and O–H groups in total. The fraction of sp³-hybridized carbons (Fsp3) is 0.429. The second-order valence-electron chi connectivity index (χ2n) is 5.40. The highest BCUT2D eigenvalue weighted by molar-refractivity contribution is 6.02. The van der Waals surface area contributed by atoms with Crippen molar-refractivity contribution >= 4 is 23.2 Å². The van der Waals surface area contributed by atoms with Gasteiger partial charge in [-0.3, -0.25) is 9.59 Å². The first-order chi connectivity index (χ1) is 9.38. The van der Waals surface area contributed by atoms with Crippen LogP contribution in [0.2, 0.25) is 0 Å². The van der Waals surface area contributed by atoms with Crippen molar-refractivity contribution in [1.29, 1.82) is 0 Å². The Kier molecular flexibility index (Phi) is 3.94. The number of hydrogen-bond donors (Lipinski definition) is 3. The molecule has 0 aliphatic carbocycles. The van der Waals surface area contributed by atoms with Gasteiger partial charge in [0.05, 0.1) is 6.54 Å². The molecule has 2 amide bonds. The molecular formula is C14H19N3O3. The zero-order chi connectivity index (χ0) is 14.9. The molecule has 1 heterocycles. The van der Waals surface area contributed by atoms with Crippen LogP contribution >= 0.6 is 0 Å². The van der Waals surface area contributed by atoms with E-state index in [1.54, 1.807) is 18.2 Å². The number of primary amides is 1. The molecule has 1 aromatic carbocycles. The van der Waals surface area contributed by atoms with Crippen LogP contribution in [-0.2, 0) is 9.59 Å². The topological polar surface area (TPSA) is 95.7 Å². The number of nitrogens with zero attached hydrogens (tertiary/aromatic N) is 1. The third-order valence-electron chi connectivity index (χ3n) is 3.14.